The van der Waals surface area contributed by atoms with Crippen LogP contribution in [-0.2, 0) is 9.59 Å². The van der Waals surface area contributed by atoms with Crippen LogP contribution in [0.25, 0.3) is 0 Å². The summed E-state index contributed by atoms with van der Waals surface area (Å²) in [4.78, 5) is 26.2. The number of carbonyl (C=O) groups is 2. The van der Waals surface area contributed by atoms with Gasteiger partial charge in [-0.2, -0.15) is 0 Å². The van der Waals surface area contributed by atoms with Crippen LogP contribution in [0.3, 0.4) is 0 Å². The van der Waals surface area contributed by atoms with E-state index < -0.39 is 23.6 Å². The number of nitrogens with zero attached hydrogens (tertiary/aromatic N) is 1. The van der Waals surface area contributed by atoms with Crippen molar-refractivity contribution in [3.8, 4) is 0 Å². The maximum atomic E-state index is 13.3. The van der Waals surface area contributed by atoms with Crippen LogP contribution >= 0.6 is 0 Å². The Morgan fingerprint density at radius 1 is 1.16 bits per heavy atom. The molecular weight excluding hydrogens is 326 g/mol. The van der Waals surface area contributed by atoms with Gasteiger partial charge in [-0.3, -0.25) is 9.59 Å². The van der Waals surface area contributed by atoms with Gasteiger partial charge >= 0.3 is 0 Å². The molecule has 1 heterocycles. The molecule has 3 rings (SSSR count). The van der Waals surface area contributed by atoms with Gasteiger partial charge in [0, 0.05) is 18.7 Å². The lowest BCUT2D eigenvalue weighted by Gasteiger charge is -2.19. The monoisotopic (exact) mass is 344 g/mol. The van der Waals surface area contributed by atoms with Crippen LogP contribution in [0.2, 0.25) is 0 Å². The molecule has 0 radical (unpaired) electrons. The van der Waals surface area contributed by atoms with E-state index in [1.807, 2.05) is 30.3 Å². The fourth-order valence-corrected chi connectivity index (χ4v) is 2.94. The van der Waals surface area contributed by atoms with Crippen LogP contribution in [0.4, 0.5) is 14.5 Å². The van der Waals surface area contributed by atoms with Gasteiger partial charge in [0.2, 0.25) is 11.8 Å². The lowest BCUT2D eigenvalue weighted by atomic mass is 10.0. The van der Waals surface area contributed by atoms with E-state index in [4.69, 9.17) is 0 Å². The number of halogens is 2. The molecule has 1 saturated heterocycles. The first-order valence-electron chi connectivity index (χ1n) is 8.06. The fraction of sp³-hybridized carbons (Fsp3) is 0.263. The van der Waals surface area contributed by atoms with Crippen molar-refractivity contribution in [3.63, 3.8) is 0 Å². The Hall–Kier alpha value is -2.76. The van der Waals surface area contributed by atoms with E-state index in [2.05, 4.69) is 5.32 Å². The predicted molar refractivity (Wildman–Crippen MR) is 89.8 cm³/mol. The van der Waals surface area contributed by atoms with E-state index in [-0.39, 0.29) is 18.2 Å². The van der Waals surface area contributed by atoms with Gasteiger partial charge < -0.3 is 10.2 Å². The third kappa shape index (κ3) is 3.68. The van der Waals surface area contributed by atoms with Crippen molar-refractivity contribution < 1.29 is 18.4 Å². The number of nitrogens with one attached hydrogen (secondary N) is 1. The molecule has 1 N–H and O–H groups in total. The van der Waals surface area contributed by atoms with Gasteiger partial charge in [0.1, 0.15) is 0 Å². The van der Waals surface area contributed by atoms with Crippen molar-refractivity contribution in [2.24, 2.45) is 5.92 Å². The summed E-state index contributed by atoms with van der Waals surface area (Å²) in [6.07, 6.45) is 0.130. The number of anilines is 1. The molecule has 1 aliphatic heterocycles. The second-order valence-electron chi connectivity index (χ2n) is 6.14. The number of benzene rings is 2. The van der Waals surface area contributed by atoms with Gasteiger partial charge in [0.25, 0.3) is 0 Å². The Kier molecular flexibility index (Phi) is 4.79. The van der Waals surface area contributed by atoms with Gasteiger partial charge in [-0.1, -0.05) is 24.3 Å². The highest BCUT2D eigenvalue weighted by atomic mass is 19.2. The van der Waals surface area contributed by atoms with Crippen molar-refractivity contribution in [1.29, 1.82) is 0 Å². The molecular formula is C19H18F2N2O2. The lowest BCUT2D eigenvalue weighted by Crippen LogP contribution is -2.34. The quantitative estimate of drug-likeness (QED) is 0.926. The Morgan fingerprint density at radius 3 is 2.56 bits per heavy atom. The number of para-hydroxylation sites is 1. The van der Waals surface area contributed by atoms with Crippen LogP contribution in [0.1, 0.15) is 24.9 Å². The molecule has 130 valence electrons. The highest BCUT2D eigenvalue weighted by Gasteiger charge is 2.35. The summed E-state index contributed by atoms with van der Waals surface area (Å²) in [5.41, 5.74) is 1.23. The smallest absolute Gasteiger partial charge is 0.227 e. The Balaban J connectivity index is 1.65. The zero-order valence-electron chi connectivity index (χ0n) is 13.7. The summed E-state index contributed by atoms with van der Waals surface area (Å²) >= 11 is 0. The van der Waals surface area contributed by atoms with Gasteiger partial charge in [0.15, 0.2) is 11.6 Å². The summed E-state index contributed by atoms with van der Waals surface area (Å²) in [6.45, 7) is 2.00. The number of carbonyl (C=O) groups excluding carboxylic acids is 2. The van der Waals surface area contributed by atoms with E-state index in [9.17, 15) is 18.4 Å². The van der Waals surface area contributed by atoms with Crippen LogP contribution in [0.5, 0.6) is 0 Å². The maximum Gasteiger partial charge on any atom is 0.227 e. The standard InChI is InChI=1S/C19H18F2N2O2/c1-12(13-7-8-16(20)17(21)9-13)22-19(25)14-10-18(24)23(11-14)15-5-3-2-4-6-15/h2-9,12,14H,10-11H2,1H3,(H,22,25). The molecule has 0 bridgehead atoms. The first-order chi connectivity index (χ1) is 12.0. The minimum atomic E-state index is -0.954. The summed E-state index contributed by atoms with van der Waals surface area (Å²) < 4.78 is 26.3. The number of hydrogen-bond acceptors (Lipinski definition) is 2. The third-order valence-corrected chi connectivity index (χ3v) is 4.37. The summed E-state index contributed by atoms with van der Waals surface area (Å²) in [5, 5.41) is 2.77. The average molecular weight is 344 g/mol. The highest BCUT2D eigenvalue weighted by molar-refractivity contribution is 6.00. The van der Waals surface area contributed by atoms with Crippen molar-refractivity contribution >= 4 is 17.5 Å². The molecule has 2 unspecified atom stereocenters. The SMILES string of the molecule is CC(NC(=O)C1CC(=O)N(c2ccccc2)C1)c1ccc(F)c(F)c1. The molecule has 1 fully saturated rings. The van der Waals surface area contributed by atoms with E-state index in [0.29, 0.717) is 12.1 Å². The number of rotatable bonds is 4. The molecule has 0 spiro atoms. The lowest BCUT2D eigenvalue weighted by molar-refractivity contribution is -0.126. The summed E-state index contributed by atoms with van der Waals surface area (Å²) in [7, 11) is 0. The molecule has 1 aliphatic rings. The molecule has 2 amide bonds. The molecule has 4 nitrogen and oxygen atoms in total. The Labute approximate surface area is 144 Å². The topological polar surface area (TPSA) is 49.4 Å². The molecule has 2 aromatic rings. The zero-order valence-corrected chi connectivity index (χ0v) is 13.7. The van der Waals surface area contributed by atoms with E-state index in [1.165, 1.54) is 6.07 Å². The Morgan fingerprint density at radius 2 is 1.88 bits per heavy atom. The molecule has 0 saturated carbocycles. The zero-order chi connectivity index (χ0) is 18.0. The minimum absolute atomic E-state index is 0.105. The van der Waals surface area contributed by atoms with Crippen LogP contribution in [-0.4, -0.2) is 18.4 Å². The highest BCUT2D eigenvalue weighted by Crippen LogP contribution is 2.25. The molecule has 25 heavy (non-hydrogen) atoms. The first kappa shape index (κ1) is 17.1. The number of hydrogen-bond donors (Lipinski definition) is 1. The second kappa shape index (κ2) is 7.01. The molecule has 0 aromatic heterocycles. The fourth-order valence-electron chi connectivity index (χ4n) is 2.94. The van der Waals surface area contributed by atoms with Crippen molar-refractivity contribution in [2.45, 2.75) is 19.4 Å². The van der Waals surface area contributed by atoms with Crippen molar-refractivity contribution in [3.05, 3.63) is 65.7 Å². The van der Waals surface area contributed by atoms with Crippen LogP contribution in [0.15, 0.2) is 48.5 Å². The molecule has 0 aliphatic carbocycles. The third-order valence-electron chi connectivity index (χ3n) is 4.37. The molecule has 2 atom stereocenters. The maximum absolute atomic E-state index is 13.3. The van der Waals surface area contributed by atoms with E-state index in [1.54, 1.807) is 11.8 Å². The van der Waals surface area contributed by atoms with Crippen LogP contribution < -0.4 is 10.2 Å². The average Bonchev–Trinajstić information content (AvgIpc) is 3.00. The molecule has 2 aromatic carbocycles. The van der Waals surface area contributed by atoms with Crippen LogP contribution in [0, 0.1) is 17.6 Å². The first-order valence-corrected chi connectivity index (χ1v) is 8.06. The molecule has 6 heteroatoms. The summed E-state index contributed by atoms with van der Waals surface area (Å²) in [5.74, 6) is -2.73. The minimum Gasteiger partial charge on any atom is -0.349 e. The largest absolute Gasteiger partial charge is 0.349 e. The predicted octanol–water partition coefficient (Wildman–Crippen LogP) is 3.20. The van der Waals surface area contributed by atoms with Gasteiger partial charge in [-0.15, -0.1) is 0 Å². The normalized spacial score (nSPS) is 18.3. The van der Waals surface area contributed by atoms with Crippen molar-refractivity contribution in [1.82, 2.24) is 5.32 Å². The van der Waals surface area contributed by atoms with E-state index in [0.717, 1.165) is 17.8 Å². The Bertz CT molecular complexity index is 795. The van der Waals surface area contributed by atoms with Gasteiger partial charge in [-0.25, -0.2) is 8.78 Å². The van der Waals surface area contributed by atoms with Gasteiger partial charge in [0.05, 0.1) is 12.0 Å². The van der Waals surface area contributed by atoms with E-state index >= 15 is 0 Å². The van der Waals surface area contributed by atoms with Gasteiger partial charge in [-0.05, 0) is 36.8 Å². The van der Waals surface area contributed by atoms with Crippen molar-refractivity contribution in [2.75, 3.05) is 11.4 Å². The summed E-state index contributed by atoms with van der Waals surface area (Å²) in [6, 6.07) is 12.2. The second-order valence-corrected chi connectivity index (χ2v) is 6.14. The number of amides is 2.